The summed E-state index contributed by atoms with van der Waals surface area (Å²) in [6, 6.07) is 3.37. The molecule has 1 saturated carbocycles. The number of anilines is 1. The van der Waals surface area contributed by atoms with Crippen molar-refractivity contribution < 1.29 is 4.74 Å². The maximum Gasteiger partial charge on any atom is 0.0723 e. The lowest BCUT2D eigenvalue weighted by molar-refractivity contribution is 0.0343. The van der Waals surface area contributed by atoms with Gasteiger partial charge in [0.25, 0.3) is 0 Å². The van der Waals surface area contributed by atoms with E-state index in [-0.39, 0.29) is 0 Å². The number of ether oxygens (including phenoxy) is 1. The second-order valence-electron chi connectivity index (χ2n) is 6.25. The number of nitrogens with zero attached hydrogens (tertiary/aromatic N) is 2. The van der Waals surface area contributed by atoms with E-state index in [1.807, 2.05) is 6.20 Å². The number of rotatable bonds is 4. The van der Waals surface area contributed by atoms with Crippen molar-refractivity contribution in [3.05, 3.63) is 23.5 Å². The molecule has 0 radical (unpaired) electrons. The lowest BCUT2D eigenvalue weighted by Crippen LogP contribution is -2.48. The van der Waals surface area contributed by atoms with Gasteiger partial charge in [0, 0.05) is 48.3 Å². The fourth-order valence-corrected chi connectivity index (χ4v) is 2.76. The molecule has 4 nitrogen and oxygen atoms in total. The Morgan fingerprint density at radius 3 is 2.95 bits per heavy atom. The highest BCUT2D eigenvalue weighted by Gasteiger charge is 2.26. The van der Waals surface area contributed by atoms with E-state index >= 15 is 0 Å². The second kappa shape index (κ2) is 5.70. The molecule has 2 atom stereocenters. The zero-order valence-corrected chi connectivity index (χ0v) is 12.7. The Morgan fingerprint density at radius 1 is 1.40 bits per heavy atom. The number of pyridine rings is 1. The van der Waals surface area contributed by atoms with E-state index in [0.29, 0.717) is 12.1 Å². The molecule has 110 valence electrons. The molecule has 20 heavy (non-hydrogen) atoms. The lowest BCUT2D eigenvalue weighted by Gasteiger charge is -2.39. The average molecular weight is 275 g/mol. The van der Waals surface area contributed by atoms with Crippen molar-refractivity contribution in [3.8, 4) is 0 Å². The van der Waals surface area contributed by atoms with Gasteiger partial charge in [-0.25, -0.2) is 0 Å². The number of hydrogen-bond donors (Lipinski definition) is 1. The molecule has 1 N–H and O–H groups in total. The number of hydrogen-bond acceptors (Lipinski definition) is 4. The Labute approximate surface area is 121 Å². The molecule has 3 rings (SSSR count). The fourth-order valence-electron chi connectivity index (χ4n) is 2.76. The van der Waals surface area contributed by atoms with Crippen LogP contribution in [0.25, 0.3) is 0 Å². The highest BCUT2D eigenvalue weighted by molar-refractivity contribution is 5.55. The van der Waals surface area contributed by atoms with Crippen LogP contribution in [0.2, 0.25) is 0 Å². The highest BCUT2D eigenvalue weighted by atomic mass is 16.5. The number of nitrogens with one attached hydrogen (secondary N) is 1. The van der Waals surface area contributed by atoms with Gasteiger partial charge in [0.15, 0.2) is 0 Å². The van der Waals surface area contributed by atoms with Crippen molar-refractivity contribution in [2.24, 2.45) is 0 Å². The topological polar surface area (TPSA) is 37.4 Å². The maximum atomic E-state index is 5.75. The SMILES string of the molecule is Cc1cc(N2CC(C)OCC2C)c(CNC2CC2)cn1. The molecule has 2 fully saturated rings. The first-order valence-corrected chi connectivity index (χ1v) is 7.70. The summed E-state index contributed by atoms with van der Waals surface area (Å²) >= 11 is 0. The molecule has 4 heteroatoms. The molecule has 1 aromatic rings. The highest BCUT2D eigenvalue weighted by Crippen LogP contribution is 2.27. The monoisotopic (exact) mass is 275 g/mol. The minimum Gasteiger partial charge on any atom is -0.375 e. The van der Waals surface area contributed by atoms with Crippen molar-refractivity contribution in [1.82, 2.24) is 10.3 Å². The maximum absolute atomic E-state index is 5.75. The fraction of sp³-hybridized carbons (Fsp3) is 0.688. The van der Waals surface area contributed by atoms with Gasteiger partial charge >= 0.3 is 0 Å². The molecule has 1 saturated heterocycles. The summed E-state index contributed by atoms with van der Waals surface area (Å²) in [7, 11) is 0. The normalized spacial score (nSPS) is 26.9. The summed E-state index contributed by atoms with van der Waals surface area (Å²) in [5.41, 5.74) is 3.72. The second-order valence-corrected chi connectivity index (χ2v) is 6.25. The molecule has 1 aliphatic heterocycles. The van der Waals surface area contributed by atoms with Gasteiger partial charge in [-0.1, -0.05) is 0 Å². The Balaban J connectivity index is 1.82. The molecule has 2 unspecified atom stereocenters. The van der Waals surface area contributed by atoms with Gasteiger partial charge in [-0.2, -0.15) is 0 Å². The zero-order chi connectivity index (χ0) is 14.1. The van der Waals surface area contributed by atoms with E-state index in [2.05, 4.69) is 42.0 Å². The van der Waals surface area contributed by atoms with E-state index < -0.39 is 0 Å². The van der Waals surface area contributed by atoms with Gasteiger partial charge in [-0.05, 0) is 39.7 Å². The molecule has 2 heterocycles. The third-order valence-corrected chi connectivity index (χ3v) is 4.17. The molecule has 0 aromatic carbocycles. The zero-order valence-electron chi connectivity index (χ0n) is 12.7. The van der Waals surface area contributed by atoms with E-state index in [9.17, 15) is 0 Å². The summed E-state index contributed by atoms with van der Waals surface area (Å²) in [6.07, 6.45) is 4.97. The van der Waals surface area contributed by atoms with Crippen LogP contribution >= 0.6 is 0 Å². The minimum atomic E-state index is 0.295. The number of aromatic nitrogens is 1. The predicted molar refractivity (Wildman–Crippen MR) is 81.1 cm³/mol. The first-order chi connectivity index (χ1) is 9.63. The summed E-state index contributed by atoms with van der Waals surface area (Å²) < 4.78 is 5.75. The van der Waals surface area contributed by atoms with Crippen LogP contribution in [0.3, 0.4) is 0 Å². The average Bonchev–Trinajstić information content (AvgIpc) is 3.24. The van der Waals surface area contributed by atoms with Gasteiger partial charge in [-0.3, -0.25) is 4.98 Å². The van der Waals surface area contributed by atoms with Gasteiger partial charge in [0.05, 0.1) is 12.7 Å². The molecule has 2 aliphatic rings. The summed E-state index contributed by atoms with van der Waals surface area (Å²) in [4.78, 5) is 6.96. The van der Waals surface area contributed by atoms with E-state index in [1.165, 1.54) is 24.1 Å². The third kappa shape index (κ3) is 3.13. The first-order valence-electron chi connectivity index (χ1n) is 7.70. The first kappa shape index (κ1) is 13.8. The molecule has 1 aliphatic carbocycles. The summed E-state index contributed by atoms with van der Waals surface area (Å²) in [5.74, 6) is 0. The molecular formula is C16H25N3O. The molecule has 1 aromatic heterocycles. The van der Waals surface area contributed by atoms with Gasteiger partial charge in [-0.15, -0.1) is 0 Å². The molecule has 0 amide bonds. The summed E-state index contributed by atoms with van der Waals surface area (Å²) in [5, 5.41) is 3.60. The molecule has 0 bridgehead atoms. The van der Waals surface area contributed by atoms with Gasteiger partial charge < -0.3 is 15.0 Å². The van der Waals surface area contributed by atoms with Crippen molar-refractivity contribution in [2.75, 3.05) is 18.1 Å². The van der Waals surface area contributed by atoms with Crippen LogP contribution in [-0.4, -0.2) is 36.3 Å². The summed E-state index contributed by atoms with van der Waals surface area (Å²) in [6.45, 7) is 9.13. The third-order valence-electron chi connectivity index (χ3n) is 4.17. The largest absolute Gasteiger partial charge is 0.375 e. The van der Waals surface area contributed by atoms with Crippen molar-refractivity contribution in [1.29, 1.82) is 0 Å². The van der Waals surface area contributed by atoms with Crippen molar-refractivity contribution in [2.45, 2.75) is 58.3 Å². The van der Waals surface area contributed by atoms with Crippen LogP contribution in [0.5, 0.6) is 0 Å². The molecule has 0 spiro atoms. The van der Waals surface area contributed by atoms with Gasteiger partial charge in [0.1, 0.15) is 0 Å². The van der Waals surface area contributed by atoms with Gasteiger partial charge in [0.2, 0.25) is 0 Å². The predicted octanol–water partition coefficient (Wildman–Crippen LogP) is 2.26. The van der Waals surface area contributed by atoms with Crippen LogP contribution in [-0.2, 0) is 11.3 Å². The van der Waals surface area contributed by atoms with Crippen LogP contribution < -0.4 is 10.2 Å². The lowest BCUT2D eigenvalue weighted by atomic mass is 10.1. The van der Waals surface area contributed by atoms with E-state index in [4.69, 9.17) is 4.74 Å². The smallest absolute Gasteiger partial charge is 0.0723 e. The molecular weight excluding hydrogens is 250 g/mol. The van der Waals surface area contributed by atoms with Crippen LogP contribution in [0.4, 0.5) is 5.69 Å². The number of morpholine rings is 1. The van der Waals surface area contributed by atoms with E-state index in [1.54, 1.807) is 0 Å². The van der Waals surface area contributed by atoms with Crippen molar-refractivity contribution in [3.63, 3.8) is 0 Å². The van der Waals surface area contributed by atoms with Crippen molar-refractivity contribution >= 4 is 5.69 Å². The minimum absolute atomic E-state index is 0.295. The number of aryl methyl sites for hydroxylation is 1. The quantitative estimate of drug-likeness (QED) is 0.914. The van der Waals surface area contributed by atoms with Crippen LogP contribution in [0.1, 0.15) is 37.9 Å². The Bertz CT molecular complexity index is 473. The van der Waals surface area contributed by atoms with E-state index in [0.717, 1.165) is 31.4 Å². The van der Waals surface area contributed by atoms with Crippen LogP contribution in [0.15, 0.2) is 12.3 Å². The Kier molecular flexibility index (Phi) is 3.94. The van der Waals surface area contributed by atoms with Crippen LogP contribution in [0, 0.1) is 6.92 Å². The Hall–Kier alpha value is -1.13. The standard InChI is InChI=1S/C16H25N3O/c1-11-6-16(19-9-13(3)20-10-12(19)2)14(7-17-11)8-18-15-4-5-15/h6-7,12-13,15,18H,4-5,8-10H2,1-3H3. The Morgan fingerprint density at radius 2 is 2.20 bits per heavy atom.